The summed E-state index contributed by atoms with van der Waals surface area (Å²) in [5.74, 6) is 0.973. The molecule has 0 aliphatic rings. The van der Waals surface area contributed by atoms with Crippen LogP contribution in [0.15, 0.2) is 30.6 Å². The number of nitrogens with one attached hydrogen (secondary N) is 1. The van der Waals surface area contributed by atoms with Crippen LogP contribution in [-0.4, -0.2) is 31.2 Å². The summed E-state index contributed by atoms with van der Waals surface area (Å²) >= 11 is 5.94. The summed E-state index contributed by atoms with van der Waals surface area (Å²) in [5, 5.41) is 3.43. The van der Waals surface area contributed by atoms with Crippen LogP contribution < -0.4 is 15.0 Å². The lowest BCUT2D eigenvalue weighted by Crippen LogP contribution is -2.08. The van der Waals surface area contributed by atoms with Crippen molar-refractivity contribution in [3.8, 4) is 5.75 Å². The van der Waals surface area contributed by atoms with E-state index in [-0.39, 0.29) is 5.15 Å². The lowest BCUT2D eigenvalue weighted by atomic mass is 10.2. The number of anilines is 3. The quantitative estimate of drug-likeness (QED) is 0.872. The van der Waals surface area contributed by atoms with Crippen LogP contribution in [-0.2, 0) is 0 Å². The van der Waals surface area contributed by atoms with Crippen LogP contribution in [0.1, 0.15) is 0 Å². The molecule has 19 heavy (non-hydrogen) atoms. The van der Waals surface area contributed by atoms with Crippen LogP contribution in [0.3, 0.4) is 0 Å². The van der Waals surface area contributed by atoms with Crippen LogP contribution in [0.2, 0.25) is 5.15 Å². The second-order valence-electron chi connectivity index (χ2n) is 4.11. The molecule has 2 rings (SSSR count). The Bertz CT molecular complexity index is 557. The molecule has 1 aromatic carbocycles. The van der Waals surface area contributed by atoms with Gasteiger partial charge in [0.15, 0.2) is 16.7 Å². The third-order valence-corrected chi connectivity index (χ3v) is 2.88. The number of nitrogens with zero attached hydrogens (tertiary/aromatic N) is 3. The molecule has 0 spiro atoms. The first-order valence-electron chi connectivity index (χ1n) is 5.70. The van der Waals surface area contributed by atoms with Gasteiger partial charge in [-0.1, -0.05) is 11.6 Å². The zero-order valence-corrected chi connectivity index (χ0v) is 11.8. The predicted molar refractivity (Wildman–Crippen MR) is 77.6 cm³/mol. The van der Waals surface area contributed by atoms with Crippen LogP contribution in [0.4, 0.5) is 17.2 Å². The Balaban J connectivity index is 2.24. The Labute approximate surface area is 117 Å². The monoisotopic (exact) mass is 278 g/mol. The Morgan fingerprint density at radius 2 is 1.84 bits per heavy atom. The fraction of sp³-hybridized carbons (Fsp3) is 0.231. The van der Waals surface area contributed by atoms with Gasteiger partial charge in [0.2, 0.25) is 0 Å². The zero-order valence-electron chi connectivity index (χ0n) is 11.0. The second-order valence-corrected chi connectivity index (χ2v) is 4.47. The highest BCUT2D eigenvalue weighted by atomic mass is 35.5. The largest absolute Gasteiger partial charge is 0.490 e. The number of aromatic nitrogens is 2. The van der Waals surface area contributed by atoms with Crippen LogP contribution in [0, 0.1) is 0 Å². The van der Waals surface area contributed by atoms with Crippen molar-refractivity contribution in [1.82, 2.24) is 9.97 Å². The summed E-state index contributed by atoms with van der Waals surface area (Å²) in [6.45, 7) is 0. The fourth-order valence-electron chi connectivity index (χ4n) is 1.60. The molecule has 2 aromatic rings. The van der Waals surface area contributed by atoms with E-state index in [1.54, 1.807) is 0 Å². The molecule has 1 heterocycles. The lowest BCUT2D eigenvalue weighted by molar-refractivity contribution is 0.413. The van der Waals surface area contributed by atoms with Gasteiger partial charge >= 0.3 is 0 Å². The van der Waals surface area contributed by atoms with Crippen molar-refractivity contribution >= 4 is 28.8 Å². The molecule has 0 atom stereocenters. The first-order chi connectivity index (χ1) is 9.11. The van der Waals surface area contributed by atoms with Gasteiger partial charge in [-0.3, -0.25) is 0 Å². The summed E-state index contributed by atoms with van der Waals surface area (Å²) in [6.07, 6.45) is 1.39. The van der Waals surface area contributed by atoms with E-state index in [4.69, 9.17) is 16.3 Å². The summed E-state index contributed by atoms with van der Waals surface area (Å²) in [5.41, 5.74) is 2.02. The molecule has 0 unspecified atom stereocenters. The Kier molecular flexibility index (Phi) is 4.06. The Morgan fingerprint density at radius 1 is 1.16 bits per heavy atom. The van der Waals surface area contributed by atoms with Crippen LogP contribution in [0.25, 0.3) is 0 Å². The maximum absolute atomic E-state index is 5.94. The standard InChI is InChI=1S/C13H15ClN4O/c1-18(2)10-6-4-9(5-7-10)17-13-11(19-3)12(14)15-8-16-13/h4-8H,1-3H3,(H,15,16,17). The highest BCUT2D eigenvalue weighted by Crippen LogP contribution is 2.30. The third kappa shape index (κ3) is 3.06. The molecule has 1 N–H and O–H groups in total. The number of methoxy groups -OCH3 is 1. The molecule has 0 bridgehead atoms. The number of benzene rings is 1. The summed E-state index contributed by atoms with van der Waals surface area (Å²) in [7, 11) is 5.52. The molecule has 0 saturated heterocycles. The first kappa shape index (κ1) is 13.4. The Hall–Kier alpha value is -2.01. The topological polar surface area (TPSA) is 50.3 Å². The van der Waals surface area contributed by atoms with E-state index in [9.17, 15) is 0 Å². The van der Waals surface area contributed by atoms with Crippen molar-refractivity contribution in [2.75, 3.05) is 31.4 Å². The number of hydrogen-bond acceptors (Lipinski definition) is 5. The molecule has 6 heteroatoms. The van der Waals surface area contributed by atoms with E-state index in [0.717, 1.165) is 11.4 Å². The number of ether oxygens (including phenoxy) is 1. The van der Waals surface area contributed by atoms with Crippen molar-refractivity contribution in [3.63, 3.8) is 0 Å². The minimum Gasteiger partial charge on any atom is -0.490 e. The van der Waals surface area contributed by atoms with Crippen LogP contribution >= 0.6 is 11.6 Å². The molecule has 0 radical (unpaired) electrons. The van der Waals surface area contributed by atoms with E-state index in [1.165, 1.54) is 13.4 Å². The van der Waals surface area contributed by atoms with Crippen molar-refractivity contribution < 1.29 is 4.74 Å². The molecule has 5 nitrogen and oxygen atoms in total. The smallest absolute Gasteiger partial charge is 0.199 e. The number of hydrogen-bond donors (Lipinski definition) is 1. The van der Waals surface area contributed by atoms with Gasteiger partial charge in [0.1, 0.15) is 6.33 Å². The lowest BCUT2D eigenvalue weighted by Gasteiger charge is -2.14. The normalized spacial score (nSPS) is 10.1. The SMILES string of the molecule is COc1c(Cl)ncnc1Nc1ccc(N(C)C)cc1. The van der Waals surface area contributed by atoms with E-state index in [0.29, 0.717) is 11.6 Å². The van der Waals surface area contributed by atoms with E-state index < -0.39 is 0 Å². The highest BCUT2D eigenvalue weighted by molar-refractivity contribution is 6.31. The van der Waals surface area contributed by atoms with Gasteiger partial charge in [-0.2, -0.15) is 0 Å². The summed E-state index contributed by atoms with van der Waals surface area (Å²) < 4.78 is 5.18. The first-order valence-corrected chi connectivity index (χ1v) is 6.08. The fourth-order valence-corrected chi connectivity index (χ4v) is 1.81. The molecular weight excluding hydrogens is 264 g/mol. The number of rotatable bonds is 4. The van der Waals surface area contributed by atoms with Gasteiger partial charge in [-0.25, -0.2) is 9.97 Å². The van der Waals surface area contributed by atoms with Gasteiger partial charge in [-0.15, -0.1) is 0 Å². The van der Waals surface area contributed by atoms with Gasteiger partial charge in [0.25, 0.3) is 0 Å². The molecule has 100 valence electrons. The highest BCUT2D eigenvalue weighted by Gasteiger charge is 2.10. The predicted octanol–water partition coefficient (Wildman–Crippen LogP) is 2.95. The van der Waals surface area contributed by atoms with Crippen molar-refractivity contribution in [2.24, 2.45) is 0 Å². The average Bonchev–Trinajstić information content (AvgIpc) is 2.39. The zero-order chi connectivity index (χ0) is 13.8. The van der Waals surface area contributed by atoms with Crippen molar-refractivity contribution in [2.45, 2.75) is 0 Å². The van der Waals surface area contributed by atoms with Gasteiger partial charge in [0, 0.05) is 25.5 Å². The summed E-state index contributed by atoms with van der Waals surface area (Å²) in [6, 6.07) is 7.95. The van der Waals surface area contributed by atoms with Gasteiger partial charge in [-0.05, 0) is 24.3 Å². The second kappa shape index (κ2) is 5.75. The van der Waals surface area contributed by atoms with E-state index >= 15 is 0 Å². The van der Waals surface area contributed by atoms with E-state index in [2.05, 4.69) is 15.3 Å². The maximum Gasteiger partial charge on any atom is 0.199 e. The average molecular weight is 279 g/mol. The van der Waals surface area contributed by atoms with Crippen molar-refractivity contribution in [1.29, 1.82) is 0 Å². The molecule has 0 amide bonds. The molecule has 0 aliphatic carbocycles. The molecule has 1 aromatic heterocycles. The molecule has 0 aliphatic heterocycles. The van der Waals surface area contributed by atoms with Crippen LogP contribution in [0.5, 0.6) is 5.75 Å². The minimum absolute atomic E-state index is 0.282. The summed E-state index contributed by atoms with van der Waals surface area (Å²) in [4.78, 5) is 10.0. The molecular formula is C13H15ClN4O. The van der Waals surface area contributed by atoms with Crippen molar-refractivity contribution in [3.05, 3.63) is 35.7 Å². The maximum atomic E-state index is 5.94. The molecule has 0 saturated carbocycles. The minimum atomic E-state index is 0.282. The number of halogens is 1. The van der Waals surface area contributed by atoms with Gasteiger partial charge in [0.05, 0.1) is 7.11 Å². The Morgan fingerprint density at radius 3 is 2.42 bits per heavy atom. The third-order valence-electron chi connectivity index (χ3n) is 2.61. The van der Waals surface area contributed by atoms with Gasteiger partial charge < -0.3 is 15.0 Å². The molecule has 0 fully saturated rings. The van der Waals surface area contributed by atoms with E-state index in [1.807, 2.05) is 43.3 Å².